The van der Waals surface area contributed by atoms with Crippen molar-refractivity contribution in [3.63, 3.8) is 0 Å². The number of likely N-dealkylation sites (N-methyl/N-ethyl adjacent to an activating group) is 1. The second-order valence-corrected chi connectivity index (χ2v) is 6.10. The van der Waals surface area contributed by atoms with E-state index in [1.54, 1.807) is 0 Å². The van der Waals surface area contributed by atoms with Crippen LogP contribution >= 0.6 is 11.6 Å². The molecule has 21 heavy (non-hydrogen) atoms. The highest BCUT2D eigenvalue weighted by atomic mass is 35.5. The first kappa shape index (κ1) is 16.1. The summed E-state index contributed by atoms with van der Waals surface area (Å²) in [5.41, 5.74) is 6.53. The third-order valence-corrected chi connectivity index (χ3v) is 4.51. The van der Waals surface area contributed by atoms with Crippen LogP contribution in [0.5, 0.6) is 0 Å². The van der Waals surface area contributed by atoms with Crippen LogP contribution in [-0.2, 0) is 6.42 Å². The van der Waals surface area contributed by atoms with Gasteiger partial charge in [-0.1, -0.05) is 48.9 Å². The summed E-state index contributed by atoms with van der Waals surface area (Å²) in [7, 11) is 0. The topological polar surface area (TPSA) is 12.0 Å². The third kappa shape index (κ3) is 3.87. The van der Waals surface area contributed by atoms with E-state index < -0.39 is 0 Å². The molecule has 1 unspecified atom stereocenters. The van der Waals surface area contributed by atoms with Gasteiger partial charge in [0.05, 0.1) is 0 Å². The molecule has 2 aromatic carbocycles. The van der Waals surface area contributed by atoms with Gasteiger partial charge in [0, 0.05) is 11.1 Å². The van der Waals surface area contributed by atoms with Crippen molar-refractivity contribution < 1.29 is 0 Å². The Morgan fingerprint density at radius 2 is 1.67 bits per heavy atom. The van der Waals surface area contributed by atoms with Crippen molar-refractivity contribution in [1.82, 2.24) is 5.32 Å². The summed E-state index contributed by atoms with van der Waals surface area (Å²) in [6.45, 7) is 9.51. The Morgan fingerprint density at radius 1 is 1.00 bits per heavy atom. The number of halogens is 1. The fraction of sp³-hybridized carbons (Fsp3) is 0.368. The zero-order valence-electron chi connectivity index (χ0n) is 13.3. The minimum Gasteiger partial charge on any atom is -0.310 e. The second-order valence-electron chi connectivity index (χ2n) is 5.69. The highest BCUT2D eigenvalue weighted by Crippen LogP contribution is 2.26. The van der Waals surface area contributed by atoms with Crippen LogP contribution in [0.15, 0.2) is 36.4 Å². The van der Waals surface area contributed by atoms with E-state index in [0.29, 0.717) is 6.04 Å². The van der Waals surface area contributed by atoms with Crippen LogP contribution in [0.1, 0.15) is 40.8 Å². The predicted molar refractivity (Wildman–Crippen MR) is 92.2 cm³/mol. The van der Waals surface area contributed by atoms with Gasteiger partial charge in [-0.3, -0.25) is 0 Å². The van der Waals surface area contributed by atoms with Crippen molar-refractivity contribution in [1.29, 1.82) is 0 Å². The normalized spacial score (nSPS) is 12.4. The molecule has 112 valence electrons. The molecule has 0 aliphatic rings. The number of nitrogens with one attached hydrogen (secondary N) is 1. The molecular formula is C19H24ClN. The molecule has 0 bridgehead atoms. The molecule has 0 radical (unpaired) electrons. The maximum Gasteiger partial charge on any atom is 0.0438 e. The van der Waals surface area contributed by atoms with Crippen LogP contribution in [0, 0.1) is 20.8 Å². The van der Waals surface area contributed by atoms with Gasteiger partial charge in [0.1, 0.15) is 0 Å². The standard InChI is InChI=1S/C19H24ClN/c1-5-21-19(16-10-9-15(4)18(20)11-16)12-17-13(2)7-6-8-14(17)3/h6-11,19,21H,5,12H2,1-4H3. The first-order valence-electron chi connectivity index (χ1n) is 7.57. The number of benzene rings is 2. The SMILES string of the molecule is CCNC(Cc1c(C)cccc1C)c1ccc(C)c(Cl)c1. The Kier molecular flexibility index (Phi) is 5.44. The lowest BCUT2D eigenvalue weighted by molar-refractivity contribution is 0.547. The Balaban J connectivity index is 2.33. The van der Waals surface area contributed by atoms with Crippen molar-refractivity contribution in [3.8, 4) is 0 Å². The first-order chi connectivity index (χ1) is 10.0. The van der Waals surface area contributed by atoms with Gasteiger partial charge in [-0.05, 0) is 67.6 Å². The molecule has 2 rings (SSSR count). The van der Waals surface area contributed by atoms with E-state index in [2.05, 4.69) is 62.5 Å². The highest BCUT2D eigenvalue weighted by Gasteiger charge is 2.14. The molecule has 0 fully saturated rings. The Morgan fingerprint density at radius 3 is 2.24 bits per heavy atom. The van der Waals surface area contributed by atoms with Gasteiger partial charge in [0.15, 0.2) is 0 Å². The molecule has 0 saturated heterocycles. The molecule has 0 spiro atoms. The number of rotatable bonds is 5. The lowest BCUT2D eigenvalue weighted by atomic mass is 9.92. The molecule has 1 atom stereocenters. The van der Waals surface area contributed by atoms with Gasteiger partial charge in [0.25, 0.3) is 0 Å². The summed E-state index contributed by atoms with van der Waals surface area (Å²) in [5, 5.41) is 4.43. The lowest BCUT2D eigenvalue weighted by Crippen LogP contribution is -2.23. The van der Waals surface area contributed by atoms with E-state index >= 15 is 0 Å². The minimum absolute atomic E-state index is 0.299. The molecule has 1 N–H and O–H groups in total. The Bertz CT molecular complexity index is 599. The number of hydrogen-bond acceptors (Lipinski definition) is 1. The quantitative estimate of drug-likeness (QED) is 0.804. The Labute approximate surface area is 133 Å². The van der Waals surface area contributed by atoms with E-state index in [0.717, 1.165) is 23.6 Å². The van der Waals surface area contributed by atoms with E-state index in [-0.39, 0.29) is 0 Å². The fourth-order valence-corrected chi connectivity index (χ4v) is 2.94. The maximum absolute atomic E-state index is 6.30. The summed E-state index contributed by atoms with van der Waals surface area (Å²) in [5.74, 6) is 0. The number of hydrogen-bond donors (Lipinski definition) is 1. The number of aryl methyl sites for hydroxylation is 3. The van der Waals surface area contributed by atoms with Crippen molar-refractivity contribution in [2.24, 2.45) is 0 Å². The van der Waals surface area contributed by atoms with Crippen molar-refractivity contribution >= 4 is 11.6 Å². The van der Waals surface area contributed by atoms with E-state index in [4.69, 9.17) is 11.6 Å². The van der Waals surface area contributed by atoms with Crippen molar-refractivity contribution in [2.45, 2.75) is 40.2 Å². The molecule has 0 heterocycles. The van der Waals surface area contributed by atoms with Crippen molar-refractivity contribution in [2.75, 3.05) is 6.54 Å². The fourth-order valence-electron chi connectivity index (χ4n) is 2.76. The van der Waals surface area contributed by atoms with Crippen LogP contribution in [0.3, 0.4) is 0 Å². The smallest absolute Gasteiger partial charge is 0.0438 e. The molecule has 0 aromatic heterocycles. The lowest BCUT2D eigenvalue weighted by Gasteiger charge is -2.21. The molecular weight excluding hydrogens is 278 g/mol. The molecule has 0 aliphatic heterocycles. The summed E-state index contributed by atoms with van der Waals surface area (Å²) in [6.07, 6.45) is 0.992. The molecule has 1 nitrogen and oxygen atoms in total. The molecule has 0 aliphatic carbocycles. The van der Waals surface area contributed by atoms with Crippen LogP contribution in [0.25, 0.3) is 0 Å². The van der Waals surface area contributed by atoms with Gasteiger partial charge in [-0.15, -0.1) is 0 Å². The van der Waals surface area contributed by atoms with Gasteiger partial charge in [-0.2, -0.15) is 0 Å². The molecule has 2 heteroatoms. The van der Waals surface area contributed by atoms with E-state index in [1.807, 2.05) is 6.92 Å². The zero-order valence-corrected chi connectivity index (χ0v) is 14.1. The zero-order chi connectivity index (χ0) is 15.4. The average molecular weight is 302 g/mol. The molecule has 2 aromatic rings. The minimum atomic E-state index is 0.299. The second kappa shape index (κ2) is 7.11. The van der Waals surface area contributed by atoms with Crippen LogP contribution in [-0.4, -0.2) is 6.54 Å². The van der Waals surface area contributed by atoms with Gasteiger partial charge in [-0.25, -0.2) is 0 Å². The van der Waals surface area contributed by atoms with E-state index in [1.165, 1.54) is 22.3 Å². The van der Waals surface area contributed by atoms with Crippen LogP contribution in [0.2, 0.25) is 5.02 Å². The van der Waals surface area contributed by atoms with Gasteiger partial charge < -0.3 is 5.32 Å². The molecule has 0 amide bonds. The van der Waals surface area contributed by atoms with E-state index in [9.17, 15) is 0 Å². The van der Waals surface area contributed by atoms with Crippen molar-refractivity contribution in [3.05, 3.63) is 69.2 Å². The monoisotopic (exact) mass is 301 g/mol. The summed E-state index contributed by atoms with van der Waals surface area (Å²) >= 11 is 6.30. The van der Waals surface area contributed by atoms with Gasteiger partial charge in [0.2, 0.25) is 0 Å². The summed E-state index contributed by atoms with van der Waals surface area (Å²) < 4.78 is 0. The van der Waals surface area contributed by atoms with Gasteiger partial charge >= 0.3 is 0 Å². The average Bonchev–Trinajstić information content (AvgIpc) is 2.45. The summed E-state index contributed by atoms with van der Waals surface area (Å²) in [6, 6.07) is 13.2. The third-order valence-electron chi connectivity index (χ3n) is 4.10. The maximum atomic E-state index is 6.30. The largest absolute Gasteiger partial charge is 0.310 e. The first-order valence-corrected chi connectivity index (χ1v) is 7.95. The molecule has 0 saturated carbocycles. The Hall–Kier alpha value is -1.31. The van der Waals surface area contributed by atoms with Crippen LogP contribution < -0.4 is 5.32 Å². The highest BCUT2D eigenvalue weighted by molar-refractivity contribution is 6.31. The summed E-state index contributed by atoms with van der Waals surface area (Å²) in [4.78, 5) is 0. The predicted octanol–water partition coefficient (Wildman–Crippen LogP) is 5.16. The van der Waals surface area contributed by atoms with Crippen LogP contribution in [0.4, 0.5) is 0 Å².